The second-order valence-corrected chi connectivity index (χ2v) is 10.3. The van der Waals surface area contributed by atoms with Crippen LogP contribution in [-0.2, 0) is 16.3 Å². The molecule has 0 bridgehead atoms. The molecule has 2 heterocycles. The van der Waals surface area contributed by atoms with E-state index in [2.05, 4.69) is 10.3 Å². The zero-order chi connectivity index (χ0) is 25.7. The first kappa shape index (κ1) is 25.2. The van der Waals surface area contributed by atoms with Crippen molar-refractivity contribution in [1.29, 1.82) is 0 Å². The highest BCUT2D eigenvalue weighted by Gasteiger charge is 2.23. The number of ether oxygens (including phenoxy) is 1. The first-order valence-corrected chi connectivity index (χ1v) is 12.3. The van der Waals surface area contributed by atoms with Crippen molar-refractivity contribution in [2.75, 3.05) is 7.05 Å². The molecule has 0 spiro atoms. The van der Waals surface area contributed by atoms with Crippen molar-refractivity contribution in [3.05, 3.63) is 83.8 Å². The molecule has 0 aliphatic heterocycles. The van der Waals surface area contributed by atoms with E-state index in [4.69, 9.17) is 9.84 Å². The predicted octanol–water partition coefficient (Wildman–Crippen LogP) is 5.66. The summed E-state index contributed by atoms with van der Waals surface area (Å²) < 4.78 is 7.25. The molecule has 1 amide bonds. The van der Waals surface area contributed by atoms with Crippen LogP contribution in [0.5, 0.6) is 0 Å². The lowest BCUT2D eigenvalue weighted by molar-refractivity contribution is -0.157. The van der Waals surface area contributed by atoms with Gasteiger partial charge in [0.2, 0.25) is 0 Å². The maximum absolute atomic E-state index is 12.4. The molecule has 4 aromatic rings. The first-order valence-electron chi connectivity index (χ1n) is 11.5. The van der Waals surface area contributed by atoms with E-state index in [1.165, 1.54) is 11.8 Å². The largest absolute Gasteiger partial charge is 0.442 e. The number of hydrogen-bond acceptors (Lipinski definition) is 6. The van der Waals surface area contributed by atoms with Crippen molar-refractivity contribution in [2.24, 2.45) is 5.41 Å². The van der Waals surface area contributed by atoms with Crippen LogP contribution in [0.25, 0.3) is 23.1 Å². The van der Waals surface area contributed by atoms with Crippen LogP contribution in [0.1, 0.15) is 42.5 Å². The number of aromatic nitrogens is 3. The van der Waals surface area contributed by atoms with Crippen LogP contribution in [0.15, 0.2) is 76.7 Å². The molecule has 2 aromatic heterocycles. The van der Waals surface area contributed by atoms with Crippen LogP contribution in [0, 0.1) is 5.41 Å². The van der Waals surface area contributed by atoms with E-state index in [1.807, 2.05) is 87.5 Å². The third-order valence-corrected chi connectivity index (χ3v) is 6.43. The quantitative estimate of drug-likeness (QED) is 0.330. The van der Waals surface area contributed by atoms with E-state index < -0.39 is 5.41 Å². The molecule has 0 saturated carbocycles. The normalized spacial score (nSPS) is 11.7. The molecule has 1 N–H and O–H groups in total. The second kappa shape index (κ2) is 10.8. The van der Waals surface area contributed by atoms with Gasteiger partial charge in [0, 0.05) is 28.4 Å². The number of carbonyl (C=O) groups excluding carboxylic acids is 2. The van der Waals surface area contributed by atoms with Gasteiger partial charge >= 0.3 is 5.97 Å². The summed E-state index contributed by atoms with van der Waals surface area (Å²) in [6.07, 6.45) is 5.54. The Morgan fingerprint density at radius 1 is 1.06 bits per heavy atom. The van der Waals surface area contributed by atoms with Crippen molar-refractivity contribution in [1.82, 2.24) is 20.1 Å². The molecule has 0 saturated heterocycles. The van der Waals surface area contributed by atoms with Crippen molar-refractivity contribution in [2.45, 2.75) is 37.3 Å². The Balaban J connectivity index is 1.71. The van der Waals surface area contributed by atoms with Gasteiger partial charge in [-0.3, -0.25) is 14.6 Å². The molecule has 2 aromatic carbocycles. The molecule has 0 radical (unpaired) electrons. The molecular weight excluding hydrogens is 472 g/mol. The van der Waals surface area contributed by atoms with Crippen molar-refractivity contribution in [3.63, 3.8) is 0 Å². The number of rotatable bonds is 7. The summed E-state index contributed by atoms with van der Waals surface area (Å²) in [4.78, 5) is 30.8. The number of benzene rings is 2. The fraction of sp³-hybridized carbons (Fsp3) is 0.214. The number of fused-ring (bicyclic) bond motifs is 1. The summed E-state index contributed by atoms with van der Waals surface area (Å²) in [5.74, 6) is -0.443. The van der Waals surface area contributed by atoms with Gasteiger partial charge in [-0.05, 0) is 75.4 Å². The van der Waals surface area contributed by atoms with E-state index in [9.17, 15) is 9.59 Å². The third kappa shape index (κ3) is 5.83. The lowest BCUT2D eigenvalue weighted by Crippen LogP contribution is -2.24. The summed E-state index contributed by atoms with van der Waals surface area (Å²) >= 11 is 1.49. The van der Waals surface area contributed by atoms with E-state index >= 15 is 0 Å². The summed E-state index contributed by atoms with van der Waals surface area (Å²) in [7, 11) is 1.62. The van der Waals surface area contributed by atoms with Crippen LogP contribution in [0.2, 0.25) is 0 Å². The van der Waals surface area contributed by atoms with E-state index in [0.717, 1.165) is 32.1 Å². The summed E-state index contributed by atoms with van der Waals surface area (Å²) in [6, 6.07) is 19.2. The van der Waals surface area contributed by atoms with Gasteiger partial charge < -0.3 is 10.1 Å². The molecule has 36 heavy (non-hydrogen) atoms. The van der Waals surface area contributed by atoms with E-state index in [-0.39, 0.29) is 18.6 Å². The molecule has 4 rings (SSSR count). The summed E-state index contributed by atoms with van der Waals surface area (Å²) in [5.41, 5.74) is 2.37. The highest BCUT2D eigenvalue weighted by Crippen LogP contribution is 2.33. The maximum Gasteiger partial charge on any atom is 0.313 e. The third-order valence-electron chi connectivity index (χ3n) is 5.37. The van der Waals surface area contributed by atoms with Gasteiger partial charge in [0.1, 0.15) is 0 Å². The maximum atomic E-state index is 12.4. The highest BCUT2D eigenvalue weighted by atomic mass is 32.2. The Kier molecular flexibility index (Phi) is 7.55. The minimum Gasteiger partial charge on any atom is -0.442 e. The topological polar surface area (TPSA) is 86.1 Å². The Hall–Kier alpha value is -3.91. The van der Waals surface area contributed by atoms with E-state index in [0.29, 0.717) is 5.56 Å². The second-order valence-electron chi connectivity index (χ2n) is 9.14. The Bertz CT molecular complexity index is 1420. The molecule has 0 aliphatic rings. The number of hydrogen-bond donors (Lipinski definition) is 1. The molecule has 7 nitrogen and oxygen atoms in total. The minimum absolute atomic E-state index is 0.00697. The molecule has 8 heteroatoms. The van der Waals surface area contributed by atoms with Gasteiger partial charge in [0.15, 0.2) is 6.73 Å². The zero-order valence-electron chi connectivity index (χ0n) is 20.7. The Morgan fingerprint density at radius 3 is 2.56 bits per heavy atom. The van der Waals surface area contributed by atoms with Gasteiger partial charge in [-0.15, -0.1) is 0 Å². The number of nitrogens with one attached hydrogen (secondary N) is 1. The average molecular weight is 501 g/mol. The lowest BCUT2D eigenvalue weighted by atomic mass is 9.98. The molecule has 0 atom stereocenters. The SMILES string of the molecule is CNC(=O)c1ccccc1Sc1ccc2c(/C=C/c3ccccn3)nn(COC(=O)C(C)(C)C)c2c1. The fourth-order valence-electron chi connectivity index (χ4n) is 3.44. The predicted molar refractivity (Wildman–Crippen MR) is 142 cm³/mol. The zero-order valence-corrected chi connectivity index (χ0v) is 21.5. The Morgan fingerprint density at radius 2 is 1.83 bits per heavy atom. The number of carbonyl (C=O) groups is 2. The number of amides is 1. The van der Waals surface area contributed by atoms with Crippen molar-refractivity contribution in [3.8, 4) is 0 Å². The highest BCUT2D eigenvalue weighted by molar-refractivity contribution is 7.99. The van der Waals surface area contributed by atoms with Gasteiger partial charge in [0.05, 0.1) is 27.9 Å². The molecule has 0 fully saturated rings. The number of nitrogens with zero attached hydrogens (tertiary/aromatic N) is 3. The van der Waals surface area contributed by atoms with Crippen LogP contribution < -0.4 is 5.32 Å². The van der Waals surface area contributed by atoms with Crippen molar-refractivity contribution < 1.29 is 14.3 Å². The molecular formula is C28H28N4O3S. The molecule has 0 aliphatic carbocycles. The standard InChI is InChI=1S/C28H28N4O3S/c1-28(2,3)27(34)35-18-32-24-17-20(36-25-11-6-5-10-22(25)26(33)29-4)13-14-21(24)23(31-32)15-12-19-9-7-8-16-30-19/h5-17H,18H2,1-4H3,(H,29,33)/b15-12+. The lowest BCUT2D eigenvalue weighted by Gasteiger charge is -2.16. The minimum atomic E-state index is -0.616. The van der Waals surface area contributed by atoms with Gasteiger partial charge in [-0.25, -0.2) is 4.68 Å². The van der Waals surface area contributed by atoms with Crippen LogP contribution in [0.3, 0.4) is 0 Å². The summed E-state index contributed by atoms with van der Waals surface area (Å²) in [6.45, 7) is 5.44. The number of esters is 1. The van der Waals surface area contributed by atoms with Crippen LogP contribution >= 0.6 is 11.8 Å². The molecule has 0 unspecified atom stereocenters. The smallest absolute Gasteiger partial charge is 0.313 e. The van der Waals surface area contributed by atoms with Crippen LogP contribution in [-0.4, -0.2) is 33.7 Å². The fourth-order valence-corrected chi connectivity index (χ4v) is 4.42. The molecule has 184 valence electrons. The van der Waals surface area contributed by atoms with Gasteiger partial charge in [-0.1, -0.05) is 30.0 Å². The Labute approximate surface area is 214 Å². The van der Waals surface area contributed by atoms with Gasteiger partial charge in [0.25, 0.3) is 5.91 Å². The first-order chi connectivity index (χ1) is 17.3. The van der Waals surface area contributed by atoms with Gasteiger partial charge in [-0.2, -0.15) is 5.10 Å². The van der Waals surface area contributed by atoms with Crippen LogP contribution in [0.4, 0.5) is 0 Å². The average Bonchev–Trinajstić information content (AvgIpc) is 3.22. The summed E-state index contributed by atoms with van der Waals surface area (Å²) in [5, 5.41) is 8.32. The monoisotopic (exact) mass is 500 g/mol. The van der Waals surface area contributed by atoms with E-state index in [1.54, 1.807) is 24.0 Å². The van der Waals surface area contributed by atoms with Crippen molar-refractivity contribution >= 4 is 46.7 Å². The number of pyridine rings is 1.